The average molecular weight is 265 g/mol. The zero-order chi connectivity index (χ0) is 13.4. The van der Waals surface area contributed by atoms with E-state index in [9.17, 15) is 9.59 Å². The Morgan fingerprint density at radius 3 is 2.00 bits per heavy atom. The average Bonchev–Trinajstić information content (AvgIpc) is 3.20. The van der Waals surface area contributed by atoms with Crippen molar-refractivity contribution in [2.75, 3.05) is 39.3 Å². The Balaban J connectivity index is 1.51. The second-order valence-corrected chi connectivity index (χ2v) is 6.17. The molecule has 2 atom stereocenters. The highest BCUT2D eigenvalue weighted by atomic mass is 16.2. The Labute approximate surface area is 114 Å². The predicted octanol–water partition coefficient (Wildman–Crippen LogP) is -0.0773. The summed E-state index contributed by atoms with van der Waals surface area (Å²) in [5.74, 6) is 1.43. The van der Waals surface area contributed by atoms with E-state index in [0.717, 1.165) is 39.0 Å². The van der Waals surface area contributed by atoms with E-state index in [1.165, 1.54) is 0 Å². The van der Waals surface area contributed by atoms with Gasteiger partial charge in [0.2, 0.25) is 11.8 Å². The van der Waals surface area contributed by atoms with Gasteiger partial charge in [-0.3, -0.25) is 9.59 Å². The van der Waals surface area contributed by atoms with Crippen molar-refractivity contribution in [1.29, 1.82) is 0 Å². The van der Waals surface area contributed by atoms with Gasteiger partial charge >= 0.3 is 0 Å². The number of piperazine rings is 1. The van der Waals surface area contributed by atoms with E-state index in [1.807, 2.05) is 9.80 Å². The molecule has 1 N–H and O–H groups in total. The summed E-state index contributed by atoms with van der Waals surface area (Å²) >= 11 is 0. The van der Waals surface area contributed by atoms with Gasteiger partial charge in [0, 0.05) is 38.6 Å². The van der Waals surface area contributed by atoms with Crippen molar-refractivity contribution in [1.82, 2.24) is 15.1 Å². The summed E-state index contributed by atoms with van der Waals surface area (Å²) in [4.78, 5) is 28.3. The van der Waals surface area contributed by atoms with E-state index in [-0.39, 0.29) is 11.8 Å². The predicted molar refractivity (Wildman–Crippen MR) is 71.4 cm³/mol. The largest absolute Gasteiger partial charge is 0.339 e. The molecule has 0 aromatic heterocycles. The van der Waals surface area contributed by atoms with E-state index in [2.05, 4.69) is 12.2 Å². The minimum Gasteiger partial charge on any atom is -0.339 e. The van der Waals surface area contributed by atoms with Crippen LogP contribution in [0.2, 0.25) is 0 Å². The van der Waals surface area contributed by atoms with E-state index in [1.54, 1.807) is 0 Å². The van der Waals surface area contributed by atoms with Crippen molar-refractivity contribution in [2.24, 2.45) is 17.8 Å². The number of nitrogens with one attached hydrogen (secondary N) is 1. The lowest BCUT2D eigenvalue weighted by Crippen LogP contribution is -2.53. The first kappa shape index (κ1) is 12.9. The van der Waals surface area contributed by atoms with Gasteiger partial charge in [0.05, 0.1) is 5.92 Å². The first-order valence-corrected chi connectivity index (χ1v) is 7.45. The lowest BCUT2D eigenvalue weighted by molar-refractivity contribution is -0.143. The van der Waals surface area contributed by atoms with Gasteiger partial charge in [-0.25, -0.2) is 0 Å². The fourth-order valence-corrected chi connectivity index (χ4v) is 3.11. The molecule has 0 spiro atoms. The quantitative estimate of drug-likeness (QED) is 0.760. The van der Waals surface area contributed by atoms with E-state index in [0.29, 0.717) is 30.8 Å². The van der Waals surface area contributed by atoms with Crippen LogP contribution in [-0.2, 0) is 9.59 Å². The molecule has 2 heterocycles. The van der Waals surface area contributed by atoms with Crippen molar-refractivity contribution in [3.05, 3.63) is 0 Å². The van der Waals surface area contributed by atoms with Gasteiger partial charge in [0.25, 0.3) is 0 Å². The maximum atomic E-state index is 12.4. The third kappa shape index (κ3) is 2.61. The SMILES string of the molecule is C[C@@H]1CNC[C@H]1C(=O)N1CCN(C(=O)C2CC2)CC1. The lowest BCUT2D eigenvalue weighted by atomic mass is 9.96. The standard InChI is InChI=1S/C14H23N3O2/c1-10-8-15-9-12(10)14(19)17-6-4-16(5-7-17)13(18)11-2-3-11/h10-12,15H,2-9H2,1H3/t10-,12-/m1/s1. The molecule has 0 aromatic rings. The molecule has 0 unspecified atom stereocenters. The molecule has 5 heteroatoms. The number of carbonyl (C=O) groups is 2. The van der Waals surface area contributed by atoms with Crippen LogP contribution in [0.1, 0.15) is 19.8 Å². The lowest BCUT2D eigenvalue weighted by Gasteiger charge is -2.36. The summed E-state index contributed by atoms with van der Waals surface area (Å²) in [6, 6.07) is 0. The molecule has 0 bridgehead atoms. The highest BCUT2D eigenvalue weighted by molar-refractivity contribution is 5.82. The van der Waals surface area contributed by atoms with Gasteiger partial charge < -0.3 is 15.1 Å². The summed E-state index contributed by atoms with van der Waals surface area (Å²) < 4.78 is 0. The Hall–Kier alpha value is -1.10. The monoisotopic (exact) mass is 265 g/mol. The molecule has 3 aliphatic rings. The van der Waals surface area contributed by atoms with Crippen molar-refractivity contribution < 1.29 is 9.59 Å². The van der Waals surface area contributed by atoms with E-state index in [4.69, 9.17) is 0 Å². The topological polar surface area (TPSA) is 52.7 Å². The van der Waals surface area contributed by atoms with E-state index >= 15 is 0 Å². The molecule has 106 valence electrons. The Kier molecular flexibility index (Phi) is 3.48. The zero-order valence-electron chi connectivity index (χ0n) is 11.6. The second-order valence-electron chi connectivity index (χ2n) is 6.17. The minimum absolute atomic E-state index is 0.130. The normalized spacial score (nSPS) is 31.6. The Morgan fingerprint density at radius 1 is 0.947 bits per heavy atom. The third-order valence-corrected chi connectivity index (χ3v) is 4.66. The molecule has 19 heavy (non-hydrogen) atoms. The van der Waals surface area contributed by atoms with Crippen LogP contribution >= 0.6 is 0 Å². The van der Waals surface area contributed by atoms with Gasteiger partial charge in [-0.15, -0.1) is 0 Å². The number of nitrogens with zero attached hydrogens (tertiary/aromatic N) is 2. The van der Waals surface area contributed by atoms with Crippen LogP contribution in [-0.4, -0.2) is 60.9 Å². The van der Waals surface area contributed by atoms with Crippen LogP contribution in [0.25, 0.3) is 0 Å². The third-order valence-electron chi connectivity index (χ3n) is 4.66. The maximum absolute atomic E-state index is 12.4. The summed E-state index contributed by atoms with van der Waals surface area (Å²) in [5, 5.41) is 3.28. The molecule has 0 radical (unpaired) electrons. The summed E-state index contributed by atoms with van der Waals surface area (Å²) in [5.41, 5.74) is 0. The minimum atomic E-state index is 0.130. The van der Waals surface area contributed by atoms with Crippen LogP contribution in [0.3, 0.4) is 0 Å². The van der Waals surface area contributed by atoms with Gasteiger partial charge in [0.15, 0.2) is 0 Å². The van der Waals surface area contributed by atoms with Gasteiger partial charge in [-0.1, -0.05) is 6.92 Å². The highest BCUT2D eigenvalue weighted by Gasteiger charge is 2.37. The fourth-order valence-electron chi connectivity index (χ4n) is 3.11. The van der Waals surface area contributed by atoms with Crippen molar-refractivity contribution in [3.8, 4) is 0 Å². The van der Waals surface area contributed by atoms with E-state index < -0.39 is 0 Å². The molecule has 3 fully saturated rings. The molecule has 2 amide bonds. The van der Waals surface area contributed by atoms with Gasteiger partial charge in [-0.2, -0.15) is 0 Å². The summed E-state index contributed by atoms with van der Waals surface area (Å²) in [6.07, 6.45) is 2.12. The first-order valence-electron chi connectivity index (χ1n) is 7.45. The maximum Gasteiger partial charge on any atom is 0.227 e. The van der Waals surface area contributed by atoms with Crippen LogP contribution in [0.4, 0.5) is 0 Å². The molecule has 3 rings (SSSR count). The second kappa shape index (κ2) is 5.12. The number of amides is 2. The number of hydrogen-bond acceptors (Lipinski definition) is 3. The van der Waals surface area contributed by atoms with Crippen LogP contribution in [0.5, 0.6) is 0 Å². The van der Waals surface area contributed by atoms with Gasteiger partial charge in [0.1, 0.15) is 0 Å². The van der Waals surface area contributed by atoms with Crippen molar-refractivity contribution in [3.63, 3.8) is 0 Å². The number of hydrogen-bond donors (Lipinski definition) is 1. The number of rotatable bonds is 2. The summed E-state index contributed by atoms with van der Waals surface area (Å²) in [7, 11) is 0. The fraction of sp³-hybridized carbons (Fsp3) is 0.857. The molecule has 1 aliphatic carbocycles. The van der Waals surface area contributed by atoms with Crippen LogP contribution in [0.15, 0.2) is 0 Å². The van der Waals surface area contributed by atoms with Gasteiger partial charge in [-0.05, 0) is 25.3 Å². The van der Waals surface area contributed by atoms with Crippen molar-refractivity contribution in [2.45, 2.75) is 19.8 Å². The molecule has 1 saturated carbocycles. The Morgan fingerprint density at radius 2 is 1.53 bits per heavy atom. The molecule has 5 nitrogen and oxygen atoms in total. The Bertz CT molecular complexity index is 373. The smallest absolute Gasteiger partial charge is 0.227 e. The highest BCUT2D eigenvalue weighted by Crippen LogP contribution is 2.31. The first-order chi connectivity index (χ1) is 9.16. The van der Waals surface area contributed by atoms with Crippen molar-refractivity contribution >= 4 is 11.8 Å². The number of carbonyl (C=O) groups excluding carboxylic acids is 2. The van der Waals surface area contributed by atoms with Crippen LogP contribution in [0, 0.1) is 17.8 Å². The molecule has 2 aliphatic heterocycles. The molecule has 0 aromatic carbocycles. The molecular formula is C14H23N3O2. The molecule has 2 saturated heterocycles. The van der Waals surface area contributed by atoms with Crippen LogP contribution < -0.4 is 5.32 Å². The molecular weight excluding hydrogens is 242 g/mol. The summed E-state index contributed by atoms with van der Waals surface area (Å²) in [6.45, 7) is 6.74. The zero-order valence-corrected chi connectivity index (χ0v) is 11.6.